The molecule has 10 heterocycles. The predicted molar refractivity (Wildman–Crippen MR) is 113 cm³/mol. The van der Waals surface area contributed by atoms with Gasteiger partial charge in [-0.2, -0.15) is 0 Å². The quantitative estimate of drug-likeness (QED) is 0.253. The van der Waals surface area contributed by atoms with E-state index in [1.165, 1.54) is 70.8 Å². The fraction of sp³-hybridized carbons (Fsp3) is 1.00. The normalized spacial score (nSPS) is 81.1. The van der Waals surface area contributed by atoms with Crippen LogP contribution < -0.4 is 0 Å². The molecule has 10 rings (SSSR count). The Kier molecular flexibility index (Phi) is 1.03. The van der Waals surface area contributed by atoms with E-state index in [4.69, 9.17) is 9.16 Å². The zero-order chi connectivity index (χ0) is 19.3. The fourth-order valence-electron chi connectivity index (χ4n) is 19.9. The van der Waals surface area contributed by atoms with Gasteiger partial charge in [0.05, 0.1) is 0 Å². The Labute approximate surface area is 162 Å². The Bertz CT molecular complexity index is 1240. The van der Waals surface area contributed by atoms with E-state index in [1.54, 1.807) is 0 Å². The van der Waals surface area contributed by atoms with Crippen LogP contribution in [-0.4, -0.2) is 28.1 Å². The van der Waals surface area contributed by atoms with E-state index in [9.17, 15) is 0 Å². The number of rotatable bonds is 10. The second-order valence-corrected chi connectivity index (χ2v) is 44.8. The van der Waals surface area contributed by atoms with Crippen molar-refractivity contribution in [3.8, 4) is 0 Å². The van der Waals surface area contributed by atoms with Crippen LogP contribution in [0.25, 0.3) is 0 Å². The zero-order valence-corrected chi connectivity index (χ0v) is 20.8. The van der Waals surface area contributed by atoms with Crippen LogP contribution in [0.5, 0.6) is 0 Å². The molecular weight excluding hydrogens is 404 g/mol. The minimum absolute atomic E-state index is 0.339. The van der Waals surface area contributed by atoms with Crippen molar-refractivity contribution in [2.45, 2.75) is 119 Å². The van der Waals surface area contributed by atoms with Crippen molar-refractivity contribution >= 4 is 8.32 Å². The first-order valence-corrected chi connectivity index (χ1v) is 21.4. The molecule has 10 aliphatic rings. The van der Waals surface area contributed by atoms with Gasteiger partial charge in [0.1, 0.15) is 0 Å². The standard InChI is InChI=1S/C18H33O2Si.C6H7.Fe/c1-18(2,3)21(4,5)20-15-11-7-6-10-14-19-16-17-12-8-9-13-17;1-6-4-2-3-5-6;/h8-9,12-13H,6-7,10-11,14-16H2,1-5H3;2-5H,1H3;. The average Bonchev–Trinajstić information content (AvgIpc) is 3.55. The van der Waals surface area contributed by atoms with Crippen molar-refractivity contribution in [1.29, 1.82) is 0 Å². The van der Waals surface area contributed by atoms with Crippen LogP contribution in [0.3, 0.4) is 0 Å². The van der Waals surface area contributed by atoms with Gasteiger partial charge in [-0.05, 0) is 0 Å². The third kappa shape index (κ3) is 0.282. The molecule has 8 unspecified atom stereocenters. The Balaban J connectivity index is 0.744. The molecule has 0 aromatic heterocycles. The molecular formula is C24H40FeO2Si. The molecule has 0 N–H and O–H groups in total. The Morgan fingerprint density at radius 2 is 1.36 bits per heavy atom. The average molecular weight is 445 g/mol. The number of fused-ring (bicyclic) bond motifs is 10. The molecule has 0 aliphatic carbocycles. The SMILES string of the molecule is CC(C)(C)[Si](C)(C)OCCCCCCOC[C]12[CH]3[CH]4[CH]5[CH]1[Fe]45321678[CH]2[CH]1[CH]6[C]7(C)[CH]28. The number of ether oxygens (including phenoxy) is 1. The summed E-state index contributed by atoms with van der Waals surface area (Å²) in [4.78, 5) is 11.3. The first-order chi connectivity index (χ1) is 12.9. The van der Waals surface area contributed by atoms with Crippen molar-refractivity contribution in [2.24, 2.45) is 0 Å². The number of hydrogen-bond donors (Lipinski definition) is 0. The van der Waals surface area contributed by atoms with E-state index in [1.807, 2.05) is 0 Å². The van der Waals surface area contributed by atoms with Crippen molar-refractivity contribution in [3.63, 3.8) is 0 Å². The van der Waals surface area contributed by atoms with E-state index in [2.05, 4.69) is 40.8 Å². The summed E-state index contributed by atoms with van der Waals surface area (Å²) in [6.07, 6.45) is 5.16. The molecule has 10 saturated heterocycles. The van der Waals surface area contributed by atoms with Crippen molar-refractivity contribution < 1.29 is 15.7 Å². The van der Waals surface area contributed by atoms with Crippen LogP contribution in [0.1, 0.15) is 53.4 Å². The Morgan fingerprint density at radius 1 is 0.821 bits per heavy atom. The monoisotopic (exact) mass is 444 g/mol. The summed E-state index contributed by atoms with van der Waals surface area (Å²) in [5.74, 6) is 0. The second-order valence-electron chi connectivity index (χ2n) is 16.4. The van der Waals surface area contributed by atoms with E-state index in [0.717, 1.165) is 21.8 Å². The maximum atomic E-state index is 6.52. The fourth-order valence-corrected chi connectivity index (χ4v) is 98.7. The summed E-state index contributed by atoms with van der Waals surface area (Å²) in [6.45, 7) is 14.9. The first-order valence-electron chi connectivity index (χ1n) is 12.3. The van der Waals surface area contributed by atoms with E-state index in [-0.39, 0.29) is 0 Å². The van der Waals surface area contributed by atoms with Crippen LogP contribution in [0.2, 0.25) is 65.3 Å². The molecule has 1 spiro atoms. The number of unbranched alkanes of at least 4 members (excludes halogenated alkanes) is 3. The number of hydrogen-bond acceptors (Lipinski definition) is 2. The van der Waals surface area contributed by atoms with Gasteiger partial charge in [-0.15, -0.1) is 0 Å². The topological polar surface area (TPSA) is 18.5 Å². The summed E-state index contributed by atoms with van der Waals surface area (Å²) in [5.41, 5.74) is 0. The van der Waals surface area contributed by atoms with Crippen LogP contribution in [0.4, 0.5) is 0 Å². The van der Waals surface area contributed by atoms with Gasteiger partial charge in [0.2, 0.25) is 0 Å². The molecule has 160 valence electrons. The summed E-state index contributed by atoms with van der Waals surface area (Å²) in [7, 11) is -1.54. The van der Waals surface area contributed by atoms with Gasteiger partial charge in [-0.25, -0.2) is 0 Å². The van der Waals surface area contributed by atoms with Gasteiger partial charge in [0, 0.05) is 0 Å². The van der Waals surface area contributed by atoms with Gasteiger partial charge < -0.3 is 0 Å². The van der Waals surface area contributed by atoms with E-state index >= 15 is 0 Å². The molecule has 0 aromatic rings. The van der Waals surface area contributed by atoms with Crippen molar-refractivity contribution in [2.75, 3.05) is 19.8 Å². The van der Waals surface area contributed by atoms with E-state index in [0.29, 0.717) is 5.04 Å². The molecule has 8 atom stereocenters. The molecule has 0 aromatic carbocycles. The molecule has 2 nitrogen and oxygen atoms in total. The summed E-state index contributed by atoms with van der Waals surface area (Å²) in [5, 5.41) is 0.339. The zero-order valence-electron chi connectivity index (χ0n) is 18.7. The first kappa shape index (κ1) is 15.5. The molecule has 0 saturated carbocycles. The summed E-state index contributed by atoms with van der Waals surface area (Å²) in [6, 6.07) is 0. The van der Waals surface area contributed by atoms with E-state index < -0.39 is 14.8 Å². The molecule has 10 fully saturated rings. The molecule has 4 heteroatoms. The molecule has 0 radical (unpaired) electrons. The van der Waals surface area contributed by atoms with Crippen LogP contribution >= 0.6 is 0 Å². The van der Waals surface area contributed by atoms with Gasteiger partial charge in [-0.3, -0.25) is 0 Å². The molecule has 0 amide bonds. The van der Waals surface area contributed by atoms with Crippen LogP contribution in [0, 0.1) is 0 Å². The van der Waals surface area contributed by atoms with Gasteiger partial charge >= 0.3 is 142 Å². The van der Waals surface area contributed by atoms with Gasteiger partial charge in [0.25, 0.3) is 0 Å². The molecule has 28 heavy (non-hydrogen) atoms. The third-order valence-corrected chi connectivity index (χ3v) is 68.9. The van der Waals surface area contributed by atoms with Crippen LogP contribution in [-0.2, 0) is 15.7 Å². The van der Waals surface area contributed by atoms with Crippen LogP contribution in [0.15, 0.2) is 0 Å². The maximum absolute atomic E-state index is 6.52. The Morgan fingerprint density at radius 3 is 1.75 bits per heavy atom. The molecule has 10 aliphatic heterocycles. The minimum atomic E-state index is -3.00. The predicted octanol–water partition coefficient (Wildman–Crippen LogP) is 7.73. The van der Waals surface area contributed by atoms with Crippen molar-refractivity contribution in [3.05, 3.63) is 0 Å². The van der Waals surface area contributed by atoms with Gasteiger partial charge in [-0.1, -0.05) is 20.8 Å². The third-order valence-electron chi connectivity index (χ3n) is 19.6. The summed E-state index contributed by atoms with van der Waals surface area (Å²) < 4.78 is 14.8. The molecule has 0 bridgehead atoms. The second kappa shape index (κ2) is 1.86. The summed E-state index contributed by atoms with van der Waals surface area (Å²) >= 11 is 0. The van der Waals surface area contributed by atoms with Gasteiger partial charge in [0.15, 0.2) is 0 Å². The van der Waals surface area contributed by atoms with Crippen molar-refractivity contribution in [1.82, 2.24) is 0 Å². The Hall–Kier alpha value is 0.656.